The molecule has 2 rings (SSSR count). The molecular weight excluding hydrogens is 300 g/mol. The Morgan fingerprint density at radius 1 is 1.12 bits per heavy atom. The van der Waals surface area contributed by atoms with Gasteiger partial charge in [0, 0.05) is 0 Å². The van der Waals surface area contributed by atoms with Gasteiger partial charge in [0.05, 0.1) is 6.21 Å². The molecule has 0 fully saturated rings. The summed E-state index contributed by atoms with van der Waals surface area (Å²) >= 11 is 0. The van der Waals surface area contributed by atoms with Crippen LogP contribution >= 0.6 is 0 Å². The molecule has 0 radical (unpaired) electrons. The molecular formula is C20H24N2O2. The Morgan fingerprint density at radius 3 is 2.46 bits per heavy atom. The fourth-order valence-corrected chi connectivity index (χ4v) is 2.17. The molecule has 2 aromatic rings. The van der Waals surface area contributed by atoms with Gasteiger partial charge in [0.2, 0.25) is 0 Å². The van der Waals surface area contributed by atoms with E-state index in [2.05, 4.69) is 36.5 Å². The standard InChI is InChI=1S/C20H24N2O2/c1-14(2)18-10-8-17(9-11-18)13-21-22-20(23)16(4)24-19-7-5-6-15(3)12-19/h5-14,16H,1-4H3,(H,22,23)/t16-/m1/s1. The highest BCUT2D eigenvalue weighted by atomic mass is 16.5. The average Bonchev–Trinajstić information content (AvgIpc) is 2.55. The van der Waals surface area contributed by atoms with Crippen LogP contribution < -0.4 is 10.2 Å². The summed E-state index contributed by atoms with van der Waals surface area (Å²) in [4.78, 5) is 12.0. The molecule has 4 heteroatoms. The Hall–Kier alpha value is -2.62. The van der Waals surface area contributed by atoms with Crippen molar-refractivity contribution in [1.29, 1.82) is 0 Å². The van der Waals surface area contributed by atoms with Crippen molar-refractivity contribution in [2.24, 2.45) is 5.10 Å². The van der Waals surface area contributed by atoms with Crippen LogP contribution in [0.15, 0.2) is 53.6 Å². The Morgan fingerprint density at radius 2 is 1.83 bits per heavy atom. The summed E-state index contributed by atoms with van der Waals surface area (Å²) in [6, 6.07) is 15.7. The number of carbonyl (C=O) groups excluding carboxylic acids is 1. The summed E-state index contributed by atoms with van der Waals surface area (Å²) in [5.41, 5.74) is 5.81. The largest absolute Gasteiger partial charge is 0.481 e. The number of ether oxygens (including phenoxy) is 1. The van der Waals surface area contributed by atoms with Crippen molar-refractivity contribution in [3.63, 3.8) is 0 Å². The minimum Gasteiger partial charge on any atom is -0.481 e. The highest BCUT2D eigenvalue weighted by molar-refractivity contribution is 5.84. The molecule has 0 unspecified atom stereocenters. The average molecular weight is 324 g/mol. The maximum absolute atomic E-state index is 12.0. The number of benzene rings is 2. The molecule has 0 aliphatic rings. The van der Waals surface area contributed by atoms with Gasteiger partial charge in [-0.2, -0.15) is 5.10 Å². The molecule has 0 saturated carbocycles. The number of aryl methyl sites for hydroxylation is 1. The van der Waals surface area contributed by atoms with Crippen molar-refractivity contribution in [2.75, 3.05) is 0 Å². The maximum Gasteiger partial charge on any atom is 0.280 e. The zero-order valence-corrected chi connectivity index (χ0v) is 14.6. The van der Waals surface area contributed by atoms with E-state index in [4.69, 9.17) is 4.74 Å². The monoisotopic (exact) mass is 324 g/mol. The molecule has 1 N–H and O–H groups in total. The zero-order chi connectivity index (χ0) is 17.5. The van der Waals surface area contributed by atoms with Crippen LogP contribution in [0.2, 0.25) is 0 Å². The Kier molecular flexibility index (Phi) is 6.13. The minimum absolute atomic E-state index is 0.286. The number of carbonyl (C=O) groups is 1. The summed E-state index contributed by atoms with van der Waals surface area (Å²) in [6.45, 7) is 7.98. The molecule has 0 aliphatic carbocycles. The van der Waals surface area contributed by atoms with E-state index in [0.717, 1.165) is 11.1 Å². The number of hydrazone groups is 1. The summed E-state index contributed by atoms with van der Waals surface area (Å²) in [5.74, 6) is 0.882. The van der Waals surface area contributed by atoms with Crippen LogP contribution in [0.25, 0.3) is 0 Å². The van der Waals surface area contributed by atoms with Crippen molar-refractivity contribution in [1.82, 2.24) is 5.43 Å². The third-order valence-corrected chi connectivity index (χ3v) is 3.66. The van der Waals surface area contributed by atoms with Crippen LogP contribution in [0.5, 0.6) is 5.75 Å². The van der Waals surface area contributed by atoms with Gasteiger partial charge in [0.25, 0.3) is 5.91 Å². The third-order valence-electron chi connectivity index (χ3n) is 3.66. The highest BCUT2D eigenvalue weighted by Crippen LogP contribution is 2.15. The topological polar surface area (TPSA) is 50.7 Å². The van der Waals surface area contributed by atoms with Gasteiger partial charge in [0.15, 0.2) is 6.10 Å². The summed E-state index contributed by atoms with van der Waals surface area (Å²) in [7, 11) is 0. The van der Waals surface area contributed by atoms with Crippen molar-refractivity contribution in [3.8, 4) is 5.75 Å². The lowest BCUT2D eigenvalue weighted by molar-refractivity contribution is -0.127. The smallest absolute Gasteiger partial charge is 0.280 e. The molecule has 0 aromatic heterocycles. The van der Waals surface area contributed by atoms with Gasteiger partial charge in [-0.25, -0.2) is 5.43 Å². The maximum atomic E-state index is 12.0. The predicted molar refractivity (Wildman–Crippen MR) is 97.5 cm³/mol. The Balaban J connectivity index is 1.87. The van der Waals surface area contributed by atoms with E-state index >= 15 is 0 Å². The lowest BCUT2D eigenvalue weighted by atomic mass is 10.0. The second-order valence-corrected chi connectivity index (χ2v) is 6.13. The number of hydrogen-bond acceptors (Lipinski definition) is 3. The van der Waals surface area contributed by atoms with Crippen LogP contribution in [0.4, 0.5) is 0 Å². The van der Waals surface area contributed by atoms with E-state index in [1.165, 1.54) is 5.56 Å². The number of nitrogens with zero attached hydrogens (tertiary/aromatic N) is 1. The van der Waals surface area contributed by atoms with Gasteiger partial charge in [-0.3, -0.25) is 4.79 Å². The second kappa shape index (κ2) is 8.29. The number of hydrogen-bond donors (Lipinski definition) is 1. The lowest BCUT2D eigenvalue weighted by Crippen LogP contribution is -2.33. The van der Waals surface area contributed by atoms with Crippen molar-refractivity contribution in [3.05, 3.63) is 65.2 Å². The fraction of sp³-hybridized carbons (Fsp3) is 0.300. The van der Waals surface area contributed by atoms with Gasteiger partial charge < -0.3 is 4.74 Å². The molecule has 2 aromatic carbocycles. The van der Waals surface area contributed by atoms with Crippen LogP contribution in [-0.2, 0) is 4.79 Å². The second-order valence-electron chi connectivity index (χ2n) is 6.13. The first kappa shape index (κ1) is 17.7. The van der Waals surface area contributed by atoms with Crippen LogP contribution in [0, 0.1) is 6.92 Å². The molecule has 1 amide bonds. The molecule has 126 valence electrons. The van der Waals surface area contributed by atoms with Crippen LogP contribution in [-0.4, -0.2) is 18.2 Å². The van der Waals surface area contributed by atoms with Crippen LogP contribution in [0.1, 0.15) is 43.4 Å². The van der Waals surface area contributed by atoms with Gasteiger partial charge in [-0.15, -0.1) is 0 Å². The first-order chi connectivity index (χ1) is 11.5. The number of nitrogens with one attached hydrogen (secondary N) is 1. The Bertz CT molecular complexity index is 706. The molecule has 0 saturated heterocycles. The Labute approximate surface area is 143 Å². The van der Waals surface area contributed by atoms with E-state index < -0.39 is 6.10 Å². The number of rotatable bonds is 6. The van der Waals surface area contributed by atoms with Crippen LogP contribution in [0.3, 0.4) is 0 Å². The molecule has 0 spiro atoms. The molecule has 0 aliphatic heterocycles. The van der Waals surface area contributed by atoms with Crippen molar-refractivity contribution >= 4 is 12.1 Å². The van der Waals surface area contributed by atoms with Gasteiger partial charge in [-0.05, 0) is 48.6 Å². The van der Waals surface area contributed by atoms with Crippen molar-refractivity contribution < 1.29 is 9.53 Å². The molecule has 4 nitrogen and oxygen atoms in total. The molecule has 1 atom stereocenters. The normalized spacial score (nSPS) is 12.4. The third kappa shape index (κ3) is 5.23. The van der Waals surface area contributed by atoms with E-state index in [1.807, 2.05) is 43.3 Å². The fourth-order valence-electron chi connectivity index (χ4n) is 2.17. The highest BCUT2D eigenvalue weighted by Gasteiger charge is 2.13. The van der Waals surface area contributed by atoms with Crippen molar-refractivity contribution in [2.45, 2.75) is 39.7 Å². The SMILES string of the molecule is Cc1cccc(O[C@H](C)C(=O)NN=Cc2ccc(C(C)C)cc2)c1. The van der Waals surface area contributed by atoms with Gasteiger partial charge in [-0.1, -0.05) is 50.2 Å². The van der Waals surface area contributed by atoms with E-state index in [-0.39, 0.29) is 5.91 Å². The summed E-state index contributed by atoms with van der Waals surface area (Å²) in [6.07, 6.45) is 1.01. The predicted octanol–water partition coefficient (Wildman–Crippen LogP) is 4.04. The van der Waals surface area contributed by atoms with Gasteiger partial charge in [0.1, 0.15) is 5.75 Å². The number of amides is 1. The quantitative estimate of drug-likeness (QED) is 0.644. The minimum atomic E-state index is -0.618. The van der Waals surface area contributed by atoms with E-state index in [9.17, 15) is 4.79 Å². The first-order valence-electron chi connectivity index (χ1n) is 8.12. The molecule has 0 bridgehead atoms. The summed E-state index contributed by atoms with van der Waals surface area (Å²) < 4.78 is 5.62. The molecule has 0 heterocycles. The van der Waals surface area contributed by atoms with E-state index in [0.29, 0.717) is 11.7 Å². The zero-order valence-electron chi connectivity index (χ0n) is 14.6. The molecule has 24 heavy (non-hydrogen) atoms. The van der Waals surface area contributed by atoms with E-state index in [1.54, 1.807) is 13.1 Å². The van der Waals surface area contributed by atoms with Gasteiger partial charge >= 0.3 is 0 Å². The first-order valence-corrected chi connectivity index (χ1v) is 8.12. The summed E-state index contributed by atoms with van der Waals surface area (Å²) in [5, 5.41) is 3.99. The lowest BCUT2D eigenvalue weighted by Gasteiger charge is -2.13.